The summed E-state index contributed by atoms with van der Waals surface area (Å²) < 4.78 is 44.9. The molecule has 0 spiro atoms. The molecule has 8 heteroatoms. The first-order valence-corrected chi connectivity index (χ1v) is 8.40. The first-order chi connectivity index (χ1) is 13.5. The van der Waals surface area contributed by atoms with Crippen LogP contribution in [0.25, 0.3) is 15.8 Å². The van der Waals surface area contributed by atoms with Gasteiger partial charge >= 0.3 is 6.18 Å². The first kappa shape index (κ1) is 21.6. The van der Waals surface area contributed by atoms with E-state index >= 15 is 0 Å². The maximum Gasteiger partial charge on any atom is 0.393 e. The van der Waals surface area contributed by atoms with E-state index in [9.17, 15) is 13.2 Å². The van der Waals surface area contributed by atoms with Crippen molar-refractivity contribution in [3.63, 3.8) is 0 Å². The molecular weight excluding hydrogens is 381 g/mol. The molecular formula is C21H17F3N4O. The van der Waals surface area contributed by atoms with Crippen LogP contribution in [0.1, 0.15) is 18.9 Å². The van der Waals surface area contributed by atoms with E-state index in [4.69, 9.17) is 23.1 Å². The topological polar surface area (TPSA) is 45.0 Å². The highest BCUT2D eigenvalue weighted by atomic mass is 19.4. The number of nitriles is 1. The Morgan fingerprint density at radius 3 is 2.31 bits per heavy atom. The first-order valence-electron chi connectivity index (χ1n) is 8.40. The Balaban J connectivity index is 2.58. The Morgan fingerprint density at radius 1 is 1.24 bits per heavy atom. The van der Waals surface area contributed by atoms with Gasteiger partial charge in [0.2, 0.25) is 5.70 Å². The van der Waals surface area contributed by atoms with Crippen LogP contribution in [0.15, 0.2) is 53.1 Å². The second kappa shape index (κ2) is 8.12. The van der Waals surface area contributed by atoms with Crippen molar-refractivity contribution < 1.29 is 17.9 Å². The van der Waals surface area contributed by atoms with Gasteiger partial charge in [0, 0.05) is 25.4 Å². The van der Waals surface area contributed by atoms with Gasteiger partial charge in [-0.2, -0.15) is 13.2 Å². The Bertz CT molecular complexity index is 996. The van der Waals surface area contributed by atoms with Crippen molar-refractivity contribution in [3.8, 4) is 6.07 Å². The highest BCUT2D eigenvalue weighted by Crippen LogP contribution is 2.47. The zero-order valence-corrected chi connectivity index (χ0v) is 16.0. The van der Waals surface area contributed by atoms with Crippen molar-refractivity contribution in [2.24, 2.45) is 0 Å². The number of rotatable bonds is 4. The summed E-state index contributed by atoms with van der Waals surface area (Å²) in [6.45, 7) is 15.6. The smallest absolute Gasteiger partial charge is 0.393 e. The van der Waals surface area contributed by atoms with Crippen molar-refractivity contribution in [2.45, 2.75) is 25.1 Å². The van der Waals surface area contributed by atoms with E-state index in [0.717, 1.165) is 5.69 Å². The standard InChI is InChI=1S/C21H17F3N4O/c1-20(13-21(22,23)24)16(18(27-3)19(29-20)17(12-25)26-2)11-8-14-6-9-15(10-7-14)28(4)5/h6-11H,13H2,1,4-5H3. The fourth-order valence-corrected chi connectivity index (χ4v) is 2.93. The zero-order valence-electron chi connectivity index (χ0n) is 16.0. The molecule has 0 aromatic heterocycles. The molecule has 0 bridgehead atoms. The molecule has 0 aliphatic carbocycles. The summed E-state index contributed by atoms with van der Waals surface area (Å²) >= 11 is 0. The second-order valence-electron chi connectivity index (χ2n) is 6.72. The number of allylic oxidation sites excluding steroid dienone is 1. The molecule has 5 nitrogen and oxygen atoms in total. The molecule has 0 amide bonds. The van der Waals surface area contributed by atoms with E-state index in [1.807, 2.05) is 31.1 Å². The molecule has 1 atom stereocenters. The number of halogens is 3. The zero-order chi connectivity index (χ0) is 21.8. The Labute approximate surface area is 167 Å². The van der Waals surface area contributed by atoms with Gasteiger partial charge in [0.15, 0.2) is 0 Å². The average Bonchev–Trinajstić information content (AvgIpc) is 2.90. The average molecular weight is 398 g/mol. The van der Waals surface area contributed by atoms with Crippen LogP contribution in [0.4, 0.5) is 18.9 Å². The van der Waals surface area contributed by atoms with Gasteiger partial charge in [0.25, 0.3) is 5.70 Å². The predicted octanol–water partition coefficient (Wildman–Crippen LogP) is 5.33. The van der Waals surface area contributed by atoms with Gasteiger partial charge in [0.1, 0.15) is 11.4 Å². The van der Waals surface area contributed by atoms with E-state index < -0.39 is 29.7 Å². The largest absolute Gasteiger partial charge is 0.505 e. The Morgan fingerprint density at radius 2 is 1.86 bits per heavy atom. The molecule has 29 heavy (non-hydrogen) atoms. The van der Waals surface area contributed by atoms with Crippen LogP contribution in [-0.2, 0) is 4.74 Å². The minimum absolute atomic E-state index is 0.0205. The quantitative estimate of drug-likeness (QED) is 0.508. The van der Waals surface area contributed by atoms with Crippen LogP contribution in [0.2, 0.25) is 0 Å². The third kappa shape index (κ3) is 4.78. The van der Waals surface area contributed by atoms with Crippen LogP contribution < -0.4 is 4.90 Å². The molecule has 2 rings (SSSR count). The van der Waals surface area contributed by atoms with E-state index in [2.05, 4.69) is 9.69 Å². The lowest BCUT2D eigenvalue weighted by atomic mass is 9.91. The van der Waals surface area contributed by atoms with Gasteiger partial charge in [0.05, 0.1) is 25.6 Å². The highest BCUT2D eigenvalue weighted by molar-refractivity contribution is 5.63. The highest BCUT2D eigenvalue weighted by Gasteiger charge is 2.49. The number of hydrogen-bond acceptors (Lipinski definition) is 3. The summed E-state index contributed by atoms with van der Waals surface area (Å²) in [4.78, 5) is 8.16. The van der Waals surface area contributed by atoms with Crippen molar-refractivity contribution in [2.75, 3.05) is 19.0 Å². The van der Waals surface area contributed by atoms with Crippen LogP contribution in [-0.4, -0.2) is 25.9 Å². The van der Waals surface area contributed by atoms with Gasteiger partial charge in [-0.15, -0.1) is 0 Å². The summed E-state index contributed by atoms with van der Waals surface area (Å²) in [7, 11) is 3.77. The third-order valence-corrected chi connectivity index (χ3v) is 4.30. The summed E-state index contributed by atoms with van der Waals surface area (Å²) in [5.41, 5.74) is -1.08. The van der Waals surface area contributed by atoms with Gasteiger partial charge in [-0.25, -0.2) is 15.0 Å². The molecule has 1 unspecified atom stereocenters. The van der Waals surface area contributed by atoms with Gasteiger partial charge in [-0.05, 0) is 24.6 Å². The number of alkyl halides is 3. The van der Waals surface area contributed by atoms with Crippen LogP contribution in [0.3, 0.4) is 0 Å². The van der Waals surface area contributed by atoms with Crippen molar-refractivity contribution >= 4 is 11.8 Å². The molecule has 0 fully saturated rings. The minimum Gasteiger partial charge on any atom is -0.505 e. The van der Waals surface area contributed by atoms with Crippen molar-refractivity contribution in [1.29, 1.82) is 5.26 Å². The van der Waals surface area contributed by atoms with Crippen LogP contribution in [0, 0.1) is 24.5 Å². The number of nitrogens with zero attached hydrogens (tertiary/aromatic N) is 4. The normalized spacial score (nSPS) is 20.7. The molecule has 1 aromatic rings. The number of hydrogen-bond donors (Lipinski definition) is 0. The molecule has 0 radical (unpaired) electrons. The number of benzene rings is 1. The lowest BCUT2D eigenvalue weighted by Gasteiger charge is -2.28. The SMILES string of the molecule is [C-]#[N+]C(C#N)=C1OC(C)(CC(F)(F)F)C(C=Cc2ccc(N(C)C)cc2)=C1[N+]#[C-]. The summed E-state index contributed by atoms with van der Waals surface area (Å²) in [5.74, 6) is -0.410. The van der Waals surface area contributed by atoms with Crippen molar-refractivity contribution in [1.82, 2.24) is 0 Å². The lowest BCUT2D eigenvalue weighted by Crippen LogP contribution is -2.33. The molecule has 0 saturated carbocycles. The fourth-order valence-electron chi connectivity index (χ4n) is 2.93. The third-order valence-electron chi connectivity index (χ3n) is 4.30. The molecule has 1 aliphatic heterocycles. The second-order valence-corrected chi connectivity index (χ2v) is 6.72. The molecule has 1 heterocycles. The summed E-state index contributed by atoms with van der Waals surface area (Å²) in [5, 5.41) is 9.10. The molecule has 148 valence electrons. The van der Waals surface area contributed by atoms with Crippen molar-refractivity contribution in [3.05, 3.63) is 81.5 Å². The van der Waals surface area contributed by atoms with E-state index in [0.29, 0.717) is 5.56 Å². The summed E-state index contributed by atoms with van der Waals surface area (Å²) in [6, 6.07) is 8.86. The monoisotopic (exact) mass is 398 g/mol. The predicted molar refractivity (Wildman–Crippen MR) is 103 cm³/mol. The Kier molecular flexibility index (Phi) is 6.05. The maximum atomic E-state index is 13.2. The van der Waals surface area contributed by atoms with E-state index in [1.54, 1.807) is 24.3 Å². The minimum atomic E-state index is -4.57. The van der Waals surface area contributed by atoms with E-state index in [1.165, 1.54) is 13.0 Å². The molecule has 0 saturated heterocycles. The van der Waals surface area contributed by atoms with Crippen LogP contribution >= 0.6 is 0 Å². The number of ether oxygens (including phenoxy) is 1. The number of anilines is 1. The van der Waals surface area contributed by atoms with Gasteiger partial charge < -0.3 is 9.64 Å². The van der Waals surface area contributed by atoms with Gasteiger partial charge in [-0.3, -0.25) is 0 Å². The fraction of sp³-hybridized carbons (Fsp3) is 0.286. The molecule has 1 aliphatic rings. The van der Waals surface area contributed by atoms with E-state index in [-0.39, 0.29) is 11.3 Å². The maximum absolute atomic E-state index is 13.2. The van der Waals surface area contributed by atoms with Crippen LogP contribution in [0.5, 0.6) is 0 Å². The Hall–Kier alpha value is -3.70. The lowest BCUT2D eigenvalue weighted by molar-refractivity contribution is -0.165. The molecule has 0 N–H and O–H groups in total. The van der Waals surface area contributed by atoms with Gasteiger partial charge in [-0.1, -0.05) is 24.3 Å². The molecule has 1 aromatic carbocycles. The summed E-state index contributed by atoms with van der Waals surface area (Å²) in [6.07, 6.45) is -2.98.